The average Bonchev–Trinajstić information content (AvgIpc) is 2.82. The van der Waals surface area contributed by atoms with Crippen molar-refractivity contribution in [1.82, 2.24) is 20.4 Å². The van der Waals surface area contributed by atoms with E-state index in [0.717, 1.165) is 13.1 Å². The molecule has 1 saturated heterocycles. The Morgan fingerprint density at radius 2 is 2.09 bits per heavy atom. The number of guanidine groups is 1. The van der Waals surface area contributed by atoms with E-state index in [-0.39, 0.29) is 36.4 Å². The molecule has 1 rings (SSSR count). The summed E-state index contributed by atoms with van der Waals surface area (Å²) in [6, 6.07) is 0.888. The first-order valence-electron chi connectivity index (χ1n) is 7.95. The fourth-order valence-electron chi connectivity index (χ4n) is 2.40. The van der Waals surface area contributed by atoms with Crippen LogP contribution in [0.5, 0.6) is 0 Å². The second-order valence-electron chi connectivity index (χ2n) is 6.40. The van der Waals surface area contributed by atoms with Crippen LogP contribution in [0.15, 0.2) is 17.6 Å². The standard InChI is InChI=1S/C16H31N5O.HI/c1-7-8-17-16(18-9-15(22)20(5)6)19-14-11-21(12(2)3)10-13(14)4;/h7,12-14H,1,8-11H2,2-6H3,(H2,17,18,19);1H. The Hall–Kier alpha value is -0.830. The second kappa shape index (κ2) is 10.9. The van der Waals surface area contributed by atoms with Crippen molar-refractivity contribution in [3.8, 4) is 0 Å². The number of aliphatic imine (C=N–C) groups is 1. The minimum Gasteiger partial charge on any atom is -0.353 e. The summed E-state index contributed by atoms with van der Waals surface area (Å²) in [5, 5.41) is 6.65. The molecule has 1 fully saturated rings. The van der Waals surface area contributed by atoms with Gasteiger partial charge in [-0.25, -0.2) is 4.99 Å². The van der Waals surface area contributed by atoms with Gasteiger partial charge >= 0.3 is 0 Å². The molecule has 2 atom stereocenters. The van der Waals surface area contributed by atoms with Gasteiger partial charge in [-0.1, -0.05) is 13.0 Å². The molecular formula is C16H32IN5O. The highest BCUT2D eigenvalue weighted by Crippen LogP contribution is 2.18. The quantitative estimate of drug-likeness (QED) is 0.283. The molecule has 0 radical (unpaired) electrons. The van der Waals surface area contributed by atoms with Crippen molar-refractivity contribution < 1.29 is 4.79 Å². The third kappa shape index (κ3) is 7.52. The highest BCUT2D eigenvalue weighted by atomic mass is 127. The summed E-state index contributed by atoms with van der Waals surface area (Å²) in [4.78, 5) is 20.1. The van der Waals surface area contributed by atoms with E-state index in [1.54, 1.807) is 25.1 Å². The summed E-state index contributed by atoms with van der Waals surface area (Å²) in [6.07, 6.45) is 1.78. The molecule has 6 nitrogen and oxygen atoms in total. The molecule has 0 spiro atoms. The number of amides is 1. The first-order valence-corrected chi connectivity index (χ1v) is 7.95. The molecule has 1 amide bonds. The van der Waals surface area contributed by atoms with E-state index in [4.69, 9.17) is 0 Å². The number of likely N-dealkylation sites (tertiary alicyclic amines) is 1. The minimum atomic E-state index is -0.0111. The number of nitrogens with zero attached hydrogens (tertiary/aromatic N) is 3. The van der Waals surface area contributed by atoms with Gasteiger partial charge in [0.25, 0.3) is 0 Å². The van der Waals surface area contributed by atoms with Crippen LogP contribution in [-0.2, 0) is 4.79 Å². The largest absolute Gasteiger partial charge is 0.353 e. The number of nitrogens with one attached hydrogen (secondary N) is 2. The molecule has 0 bridgehead atoms. The molecule has 0 aromatic carbocycles. The Labute approximate surface area is 157 Å². The van der Waals surface area contributed by atoms with E-state index in [1.807, 2.05) is 0 Å². The van der Waals surface area contributed by atoms with Gasteiger partial charge < -0.3 is 15.5 Å². The van der Waals surface area contributed by atoms with Crippen molar-refractivity contribution in [2.75, 3.05) is 40.3 Å². The fourth-order valence-corrected chi connectivity index (χ4v) is 2.40. The molecule has 0 aromatic rings. The number of hydrogen-bond donors (Lipinski definition) is 2. The lowest BCUT2D eigenvalue weighted by Crippen LogP contribution is -2.47. The highest BCUT2D eigenvalue weighted by molar-refractivity contribution is 14.0. The molecule has 7 heteroatoms. The summed E-state index contributed by atoms with van der Waals surface area (Å²) in [5.41, 5.74) is 0. The van der Waals surface area contributed by atoms with E-state index in [1.165, 1.54) is 0 Å². The third-order valence-corrected chi connectivity index (χ3v) is 3.98. The number of rotatable bonds is 6. The number of halogens is 1. The van der Waals surface area contributed by atoms with E-state index in [2.05, 4.69) is 47.9 Å². The molecule has 23 heavy (non-hydrogen) atoms. The van der Waals surface area contributed by atoms with E-state index in [0.29, 0.717) is 30.5 Å². The van der Waals surface area contributed by atoms with Gasteiger partial charge in [0.05, 0.1) is 0 Å². The SMILES string of the molecule is C=CCNC(=NCC(=O)N(C)C)NC1CN(C(C)C)CC1C.I. The van der Waals surface area contributed by atoms with Crippen LogP contribution in [0.25, 0.3) is 0 Å². The van der Waals surface area contributed by atoms with Gasteiger partial charge in [-0.05, 0) is 19.8 Å². The van der Waals surface area contributed by atoms with Gasteiger partial charge in [0.15, 0.2) is 5.96 Å². The van der Waals surface area contributed by atoms with Crippen molar-refractivity contribution in [2.24, 2.45) is 10.9 Å². The van der Waals surface area contributed by atoms with Crippen LogP contribution in [0.4, 0.5) is 0 Å². The van der Waals surface area contributed by atoms with Crippen molar-refractivity contribution in [3.05, 3.63) is 12.7 Å². The number of carbonyl (C=O) groups is 1. The first-order chi connectivity index (χ1) is 10.3. The number of carbonyl (C=O) groups excluding carboxylic acids is 1. The fraction of sp³-hybridized carbons (Fsp3) is 0.750. The summed E-state index contributed by atoms with van der Waals surface area (Å²) < 4.78 is 0. The Morgan fingerprint density at radius 1 is 1.43 bits per heavy atom. The van der Waals surface area contributed by atoms with Crippen LogP contribution in [0.3, 0.4) is 0 Å². The molecule has 0 aliphatic carbocycles. The summed E-state index contributed by atoms with van der Waals surface area (Å²) >= 11 is 0. The van der Waals surface area contributed by atoms with Gasteiger partial charge in [0, 0.05) is 45.8 Å². The van der Waals surface area contributed by atoms with Gasteiger partial charge in [-0.15, -0.1) is 30.6 Å². The monoisotopic (exact) mass is 437 g/mol. The lowest BCUT2D eigenvalue weighted by Gasteiger charge is -2.22. The lowest BCUT2D eigenvalue weighted by molar-refractivity contribution is -0.127. The predicted octanol–water partition coefficient (Wildman–Crippen LogP) is 1.14. The van der Waals surface area contributed by atoms with E-state index in [9.17, 15) is 4.79 Å². The molecule has 1 aliphatic heterocycles. The Morgan fingerprint density at radius 3 is 2.57 bits per heavy atom. The molecular weight excluding hydrogens is 405 g/mol. The van der Waals surface area contributed by atoms with Crippen LogP contribution in [0.2, 0.25) is 0 Å². The molecule has 0 aromatic heterocycles. The maximum atomic E-state index is 11.7. The van der Waals surface area contributed by atoms with E-state index >= 15 is 0 Å². The van der Waals surface area contributed by atoms with Crippen LogP contribution in [0.1, 0.15) is 20.8 Å². The van der Waals surface area contributed by atoms with Crippen molar-refractivity contribution in [2.45, 2.75) is 32.9 Å². The summed E-state index contributed by atoms with van der Waals surface area (Å²) in [6.45, 7) is 13.2. The zero-order valence-electron chi connectivity index (χ0n) is 15.0. The Kier molecular flexibility index (Phi) is 10.5. The second-order valence-corrected chi connectivity index (χ2v) is 6.40. The molecule has 2 unspecified atom stereocenters. The number of likely N-dealkylation sites (N-methyl/N-ethyl adjacent to an activating group) is 1. The topological polar surface area (TPSA) is 60.0 Å². The lowest BCUT2D eigenvalue weighted by atomic mass is 10.1. The molecule has 0 saturated carbocycles. The van der Waals surface area contributed by atoms with Crippen LogP contribution >= 0.6 is 24.0 Å². The minimum absolute atomic E-state index is 0. The summed E-state index contributed by atoms with van der Waals surface area (Å²) in [5.74, 6) is 1.21. The number of hydrogen-bond acceptors (Lipinski definition) is 3. The van der Waals surface area contributed by atoms with Crippen molar-refractivity contribution >= 4 is 35.8 Å². The van der Waals surface area contributed by atoms with Crippen LogP contribution < -0.4 is 10.6 Å². The zero-order chi connectivity index (χ0) is 16.7. The maximum Gasteiger partial charge on any atom is 0.243 e. The normalized spacial score (nSPS) is 21.7. The average molecular weight is 437 g/mol. The predicted molar refractivity (Wildman–Crippen MR) is 107 cm³/mol. The van der Waals surface area contributed by atoms with Gasteiger partial charge in [-0.3, -0.25) is 9.69 Å². The van der Waals surface area contributed by atoms with Crippen LogP contribution in [0, 0.1) is 5.92 Å². The smallest absolute Gasteiger partial charge is 0.243 e. The van der Waals surface area contributed by atoms with Gasteiger partial charge in [-0.2, -0.15) is 0 Å². The third-order valence-electron chi connectivity index (χ3n) is 3.98. The zero-order valence-corrected chi connectivity index (χ0v) is 17.3. The van der Waals surface area contributed by atoms with Gasteiger partial charge in [0.1, 0.15) is 6.54 Å². The highest BCUT2D eigenvalue weighted by Gasteiger charge is 2.31. The van der Waals surface area contributed by atoms with Crippen molar-refractivity contribution in [3.63, 3.8) is 0 Å². The Bertz CT molecular complexity index is 411. The molecule has 1 heterocycles. The molecule has 134 valence electrons. The van der Waals surface area contributed by atoms with Crippen molar-refractivity contribution in [1.29, 1.82) is 0 Å². The van der Waals surface area contributed by atoms with Crippen LogP contribution in [-0.4, -0.2) is 74.0 Å². The summed E-state index contributed by atoms with van der Waals surface area (Å²) in [7, 11) is 3.48. The maximum absolute atomic E-state index is 11.7. The molecule has 1 aliphatic rings. The first kappa shape index (κ1) is 22.2. The van der Waals surface area contributed by atoms with E-state index < -0.39 is 0 Å². The Balaban J connectivity index is 0.00000484. The van der Waals surface area contributed by atoms with Gasteiger partial charge in [0.2, 0.25) is 5.91 Å². The molecule has 2 N–H and O–H groups in total.